The molecule has 0 aromatic rings. The third kappa shape index (κ3) is 4.38. The summed E-state index contributed by atoms with van der Waals surface area (Å²) in [6.45, 7) is 0. The first-order chi connectivity index (χ1) is 11.4. The second-order valence-electron chi connectivity index (χ2n) is 5.73. The van der Waals surface area contributed by atoms with E-state index in [0.717, 1.165) is 0 Å². The molecule has 0 aromatic heterocycles. The molecular formula is C18H18O6. The van der Waals surface area contributed by atoms with Gasteiger partial charge in [0.05, 0.1) is 11.1 Å². The highest BCUT2D eigenvalue weighted by Crippen LogP contribution is 2.26. The maximum Gasteiger partial charge on any atom is 0.335 e. The van der Waals surface area contributed by atoms with Gasteiger partial charge in [0.1, 0.15) is 0 Å². The van der Waals surface area contributed by atoms with Crippen molar-refractivity contribution in [1.82, 2.24) is 0 Å². The predicted molar refractivity (Wildman–Crippen MR) is 85.3 cm³/mol. The summed E-state index contributed by atoms with van der Waals surface area (Å²) in [5, 5.41) is 18.3. The molecule has 0 fully saturated rings. The van der Waals surface area contributed by atoms with E-state index in [1.807, 2.05) is 0 Å². The predicted octanol–water partition coefficient (Wildman–Crippen LogP) is 2.37. The van der Waals surface area contributed by atoms with Crippen LogP contribution in [0.1, 0.15) is 38.5 Å². The van der Waals surface area contributed by atoms with Crippen LogP contribution in [0.2, 0.25) is 0 Å². The average molecular weight is 330 g/mol. The third-order valence-electron chi connectivity index (χ3n) is 3.98. The van der Waals surface area contributed by atoms with Crippen molar-refractivity contribution < 1.29 is 29.4 Å². The SMILES string of the molecule is O=C1C=C(CCCCC2=CC(=O)CC=C2C(=O)O)C(C(=O)O)=CC1. The minimum absolute atomic E-state index is 0.104. The first-order valence-corrected chi connectivity index (χ1v) is 7.73. The van der Waals surface area contributed by atoms with Crippen molar-refractivity contribution in [3.63, 3.8) is 0 Å². The van der Waals surface area contributed by atoms with Crippen molar-refractivity contribution in [2.75, 3.05) is 0 Å². The van der Waals surface area contributed by atoms with Crippen LogP contribution in [-0.4, -0.2) is 33.7 Å². The molecule has 2 N–H and O–H groups in total. The normalized spacial score (nSPS) is 17.7. The Bertz CT molecular complexity index is 656. The Balaban J connectivity index is 1.92. The standard InChI is InChI=1S/C18H18O6/c19-13-5-7-15(17(21)22)11(9-13)3-1-2-4-12-10-14(20)6-8-16(12)18(23)24/h7-10H,1-6H2,(H,21,22)(H,23,24). The number of carbonyl (C=O) groups excluding carboxylic acids is 2. The lowest BCUT2D eigenvalue weighted by molar-refractivity contribution is -0.133. The monoisotopic (exact) mass is 330 g/mol. The Morgan fingerprint density at radius 3 is 1.50 bits per heavy atom. The zero-order chi connectivity index (χ0) is 17.7. The Morgan fingerprint density at radius 1 is 0.792 bits per heavy atom. The van der Waals surface area contributed by atoms with Crippen LogP contribution in [0.3, 0.4) is 0 Å². The number of aliphatic carboxylic acids is 2. The van der Waals surface area contributed by atoms with E-state index in [1.165, 1.54) is 24.3 Å². The summed E-state index contributed by atoms with van der Waals surface area (Å²) in [6, 6.07) is 0. The van der Waals surface area contributed by atoms with E-state index in [2.05, 4.69) is 0 Å². The Hall–Kier alpha value is -2.76. The molecule has 0 unspecified atom stereocenters. The van der Waals surface area contributed by atoms with Gasteiger partial charge in [0, 0.05) is 12.8 Å². The van der Waals surface area contributed by atoms with Gasteiger partial charge in [-0.3, -0.25) is 9.59 Å². The van der Waals surface area contributed by atoms with Crippen molar-refractivity contribution in [3.8, 4) is 0 Å². The quantitative estimate of drug-likeness (QED) is 0.694. The van der Waals surface area contributed by atoms with Crippen molar-refractivity contribution in [2.24, 2.45) is 0 Å². The van der Waals surface area contributed by atoms with Crippen molar-refractivity contribution >= 4 is 23.5 Å². The van der Waals surface area contributed by atoms with Crippen molar-refractivity contribution in [2.45, 2.75) is 38.5 Å². The largest absolute Gasteiger partial charge is 0.478 e. The van der Waals surface area contributed by atoms with Gasteiger partial charge in [0.2, 0.25) is 0 Å². The van der Waals surface area contributed by atoms with Gasteiger partial charge in [-0.05, 0) is 49.0 Å². The third-order valence-corrected chi connectivity index (χ3v) is 3.98. The summed E-state index contributed by atoms with van der Waals surface area (Å²) in [7, 11) is 0. The Labute approximate surface area is 138 Å². The van der Waals surface area contributed by atoms with Crippen LogP contribution in [0.5, 0.6) is 0 Å². The summed E-state index contributed by atoms with van der Waals surface area (Å²) in [5.74, 6) is -2.34. The highest BCUT2D eigenvalue weighted by molar-refractivity contribution is 6.02. The van der Waals surface area contributed by atoms with Gasteiger partial charge >= 0.3 is 11.9 Å². The first-order valence-electron chi connectivity index (χ1n) is 7.73. The number of hydrogen-bond donors (Lipinski definition) is 2. The molecule has 0 radical (unpaired) electrons. The van der Waals surface area contributed by atoms with Crippen molar-refractivity contribution in [1.29, 1.82) is 0 Å². The molecule has 0 bridgehead atoms. The maximum absolute atomic E-state index is 11.4. The zero-order valence-corrected chi connectivity index (χ0v) is 13.1. The fraction of sp³-hybridized carbons (Fsp3) is 0.333. The lowest BCUT2D eigenvalue weighted by atomic mass is 9.90. The lowest BCUT2D eigenvalue weighted by Gasteiger charge is -2.14. The number of allylic oxidation sites excluding steroid dienone is 4. The molecule has 2 aliphatic carbocycles. The number of hydrogen-bond acceptors (Lipinski definition) is 4. The molecule has 0 saturated heterocycles. The average Bonchev–Trinajstić information content (AvgIpc) is 2.51. The van der Waals surface area contributed by atoms with E-state index >= 15 is 0 Å². The molecule has 0 spiro atoms. The summed E-state index contributed by atoms with van der Waals surface area (Å²) in [5.41, 5.74) is 1.32. The van der Waals surface area contributed by atoms with Gasteiger partial charge in [-0.25, -0.2) is 9.59 Å². The van der Waals surface area contributed by atoms with Gasteiger partial charge in [0.25, 0.3) is 0 Å². The van der Waals surface area contributed by atoms with Crippen LogP contribution in [0.4, 0.5) is 0 Å². The minimum Gasteiger partial charge on any atom is -0.478 e. The van der Waals surface area contributed by atoms with Crippen LogP contribution in [-0.2, 0) is 19.2 Å². The summed E-state index contributed by atoms with van der Waals surface area (Å²) >= 11 is 0. The smallest absolute Gasteiger partial charge is 0.335 e. The minimum atomic E-state index is -1.05. The van der Waals surface area contributed by atoms with Crippen molar-refractivity contribution in [3.05, 3.63) is 46.6 Å². The molecule has 2 aliphatic rings. The number of carbonyl (C=O) groups is 4. The zero-order valence-electron chi connectivity index (χ0n) is 13.1. The Kier molecular flexibility index (Phi) is 5.63. The van der Waals surface area contributed by atoms with E-state index in [4.69, 9.17) is 10.2 Å². The lowest BCUT2D eigenvalue weighted by Crippen LogP contribution is -2.12. The van der Waals surface area contributed by atoms with Crippen LogP contribution in [0, 0.1) is 0 Å². The molecule has 0 aromatic carbocycles. The molecular weight excluding hydrogens is 312 g/mol. The van der Waals surface area contributed by atoms with Gasteiger partial charge in [-0.2, -0.15) is 0 Å². The number of rotatable bonds is 7. The molecule has 0 amide bonds. The topological polar surface area (TPSA) is 109 Å². The van der Waals surface area contributed by atoms with Crippen LogP contribution in [0.25, 0.3) is 0 Å². The van der Waals surface area contributed by atoms with E-state index in [-0.39, 0.29) is 35.6 Å². The van der Waals surface area contributed by atoms with Crippen LogP contribution < -0.4 is 0 Å². The molecule has 6 heteroatoms. The molecule has 0 aliphatic heterocycles. The summed E-state index contributed by atoms with van der Waals surface area (Å²) in [4.78, 5) is 45.2. The molecule has 0 heterocycles. The van der Waals surface area contributed by atoms with Gasteiger partial charge in [-0.15, -0.1) is 0 Å². The van der Waals surface area contributed by atoms with Gasteiger partial charge < -0.3 is 10.2 Å². The maximum atomic E-state index is 11.4. The second kappa shape index (κ2) is 7.68. The second-order valence-corrected chi connectivity index (χ2v) is 5.73. The number of ketones is 2. The molecule has 126 valence electrons. The van der Waals surface area contributed by atoms with Crippen LogP contribution >= 0.6 is 0 Å². The highest BCUT2D eigenvalue weighted by atomic mass is 16.4. The highest BCUT2D eigenvalue weighted by Gasteiger charge is 2.20. The number of carboxylic acids is 2. The van der Waals surface area contributed by atoms with Gasteiger partial charge in [0.15, 0.2) is 11.6 Å². The fourth-order valence-corrected chi connectivity index (χ4v) is 2.82. The van der Waals surface area contributed by atoms with E-state index in [1.54, 1.807) is 0 Å². The van der Waals surface area contributed by atoms with Gasteiger partial charge in [-0.1, -0.05) is 12.2 Å². The summed E-state index contributed by atoms with van der Waals surface area (Å²) < 4.78 is 0. The Morgan fingerprint density at radius 2 is 1.17 bits per heavy atom. The number of unbranched alkanes of at least 4 members (excludes halogenated alkanes) is 1. The molecule has 2 rings (SSSR count). The van der Waals surface area contributed by atoms with E-state index < -0.39 is 11.9 Å². The van der Waals surface area contributed by atoms with E-state index in [9.17, 15) is 19.2 Å². The summed E-state index contributed by atoms with van der Waals surface area (Å²) in [6.07, 6.45) is 7.85. The molecule has 0 atom stereocenters. The number of carboxylic acid groups (broad SMARTS) is 2. The van der Waals surface area contributed by atoms with E-state index in [0.29, 0.717) is 36.8 Å². The molecule has 24 heavy (non-hydrogen) atoms. The molecule has 0 saturated carbocycles. The first kappa shape index (κ1) is 17.6. The van der Waals surface area contributed by atoms with Crippen LogP contribution in [0.15, 0.2) is 46.6 Å². The fourth-order valence-electron chi connectivity index (χ4n) is 2.82. The molecule has 6 nitrogen and oxygen atoms in total.